The summed E-state index contributed by atoms with van der Waals surface area (Å²) in [5.41, 5.74) is 0.190. The highest BCUT2D eigenvalue weighted by Crippen LogP contribution is 2.54. The van der Waals surface area contributed by atoms with E-state index >= 15 is 0 Å². The van der Waals surface area contributed by atoms with Gasteiger partial charge in [0, 0.05) is 26.1 Å². The van der Waals surface area contributed by atoms with Gasteiger partial charge in [0.25, 0.3) is 5.91 Å². The highest BCUT2D eigenvalue weighted by atomic mass is 127. The standard InChI is InChI=1S/C16H18ClI3N2O7/c1-5(29-6(2)24)11(26)9-10(18)8(3-7(25)4-23)12(19)16(13(9)20,14(17)27)15(28)22-21/h5,7,13,23,25H,3-4,21H2,1-2H3,(H,22,28)/t5-,7?,13?,16?/m0/s1. The highest BCUT2D eigenvalue weighted by Gasteiger charge is 2.59. The molecule has 0 saturated carbocycles. The Balaban J connectivity index is 3.82. The minimum absolute atomic E-state index is 0.0260. The van der Waals surface area contributed by atoms with Gasteiger partial charge in [-0.25, -0.2) is 5.84 Å². The Hall–Kier alpha value is 0.120. The van der Waals surface area contributed by atoms with E-state index in [2.05, 4.69) is 0 Å². The Labute approximate surface area is 212 Å². The van der Waals surface area contributed by atoms with Crippen LogP contribution in [0, 0.1) is 5.41 Å². The second-order valence-corrected chi connectivity index (χ2v) is 9.84. The maximum Gasteiger partial charge on any atom is 0.303 e. The van der Waals surface area contributed by atoms with Gasteiger partial charge in [0.2, 0.25) is 11.0 Å². The van der Waals surface area contributed by atoms with E-state index in [0.29, 0.717) is 3.58 Å². The van der Waals surface area contributed by atoms with Crippen molar-refractivity contribution in [2.45, 2.75) is 36.4 Å². The Kier molecular flexibility index (Phi) is 10.4. The van der Waals surface area contributed by atoms with Crippen molar-refractivity contribution in [3.63, 3.8) is 0 Å². The fourth-order valence-electron chi connectivity index (χ4n) is 2.77. The van der Waals surface area contributed by atoms with Gasteiger partial charge in [0.15, 0.2) is 11.5 Å². The largest absolute Gasteiger partial charge is 0.454 e. The summed E-state index contributed by atoms with van der Waals surface area (Å²) in [5, 5.41) is 18.1. The number of carbonyl (C=O) groups excluding carboxylic acids is 4. The van der Waals surface area contributed by atoms with Crippen molar-refractivity contribution in [2.24, 2.45) is 11.3 Å². The maximum atomic E-state index is 13.1. The molecule has 1 aliphatic rings. The van der Waals surface area contributed by atoms with Crippen LogP contribution in [0.1, 0.15) is 20.3 Å². The summed E-state index contributed by atoms with van der Waals surface area (Å²) in [4.78, 5) is 49.7. The van der Waals surface area contributed by atoms with E-state index in [4.69, 9.17) is 22.2 Å². The highest BCUT2D eigenvalue weighted by molar-refractivity contribution is 14.1. The molecule has 1 amide bonds. The Morgan fingerprint density at radius 2 is 1.90 bits per heavy atom. The predicted octanol–water partition coefficient (Wildman–Crippen LogP) is 1.19. The second-order valence-electron chi connectivity index (χ2n) is 6.09. The van der Waals surface area contributed by atoms with Crippen LogP contribution in [0.4, 0.5) is 0 Å². The number of alkyl halides is 1. The first-order valence-electron chi connectivity index (χ1n) is 8.02. The molecule has 0 radical (unpaired) electrons. The van der Waals surface area contributed by atoms with E-state index in [-0.39, 0.29) is 21.1 Å². The lowest BCUT2D eigenvalue weighted by molar-refractivity contribution is -0.150. The molecule has 0 fully saturated rings. The van der Waals surface area contributed by atoms with Crippen molar-refractivity contribution < 1.29 is 34.1 Å². The molecule has 1 rings (SSSR count). The molecule has 1 aliphatic carbocycles. The predicted molar refractivity (Wildman–Crippen MR) is 129 cm³/mol. The lowest BCUT2D eigenvalue weighted by Crippen LogP contribution is -2.56. The third-order valence-corrected chi connectivity index (χ3v) is 8.76. The number of nitrogens with one attached hydrogen (secondary N) is 1. The number of rotatable bonds is 8. The number of amides is 1. The molecule has 0 spiro atoms. The molecule has 162 valence electrons. The minimum atomic E-state index is -2.04. The summed E-state index contributed by atoms with van der Waals surface area (Å²) in [5.74, 6) is 3.06. The van der Waals surface area contributed by atoms with E-state index in [0.717, 1.165) is 6.92 Å². The molecule has 0 aromatic rings. The van der Waals surface area contributed by atoms with Crippen LogP contribution in [0.25, 0.3) is 0 Å². The Morgan fingerprint density at radius 1 is 1.34 bits per heavy atom. The molecular weight excluding hydrogens is 748 g/mol. The molecule has 3 unspecified atom stereocenters. The van der Waals surface area contributed by atoms with Gasteiger partial charge in [0.1, 0.15) is 0 Å². The summed E-state index contributed by atoms with van der Waals surface area (Å²) in [6.45, 7) is 1.93. The lowest BCUT2D eigenvalue weighted by Gasteiger charge is -2.39. The van der Waals surface area contributed by atoms with Crippen LogP contribution in [0.3, 0.4) is 0 Å². The van der Waals surface area contributed by atoms with Crippen molar-refractivity contribution in [3.05, 3.63) is 18.3 Å². The van der Waals surface area contributed by atoms with Crippen LogP contribution < -0.4 is 11.3 Å². The van der Waals surface area contributed by atoms with Crippen LogP contribution in [0.2, 0.25) is 0 Å². The van der Waals surface area contributed by atoms with Crippen molar-refractivity contribution in [1.82, 2.24) is 5.43 Å². The number of carbonyl (C=O) groups is 4. The van der Waals surface area contributed by atoms with Crippen LogP contribution in [-0.4, -0.2) is 55.9 Å². The number of ketones is 1. The molecule has 0 saturated heterocycles. The first-order chi connectivity index (χ1) is 13.4. The molecule has 0 heterocycles. The van der Waals surface area contributed by atoms with E-state index < -0.39 is 51.1 Å². The minimum Gasteiger partial charge on any atom is -0.454 e. The number of halogens is 4. The molecule has 0 aliphatic heterocycles. The molecule has 4 atom stereocenters. The number of aliphatic hydroxyl groups is 2. The van der Waals surface area contributed by atoms with Gasteiger partial charge in [-0.05, 0) is 69.3 Å². The summed E-state index contributed by atoms with van der Waals surface area (Å²) in [6, 6.07) is 0. The van der Waals surface area contributed by atoms with Crippen LogP contribution in [0.5, 0.6) is 0 Å². The van der Waals surface area contributed by atoms with Crippen molar-refractivity contribution in [2.75, 3.05) is 6.61 Å². The van der Waals surface area contributed by atoms with E-state index in [1.165, 1.54) is 6.92 Å². The quantitative estimate of drug-likeness (QED) is 0.0420. The summed E-state index contributed by atoms with van der Waals surface area (Å²) in [7, 11) is 0. The van der Waals surface area contributed by atoms with Crippen LogP contribution in [0.15, 0.2) is 18.3 Å². The lowest BCUT2D eigenvalue weighted by atomic mass is 9.74. The number of nitrogens with two attached hydrogens (primary N) is 1. The molecule has 0 aromatic heterocycles. The number of aliphatic hydroxyl groups excluding tert-OH is 2. The zero-order valence-corrected chi connectivity index (χ0v) is 22.4. The van der Waals surface area contributed by atoms with Crippen molar-refractivity contribution >= 4 is 102 Å². The van der Waals surface area contributed by atoms with Gasteiger partial charge in [-0.1, -0.05) is 22.6 Å². The zero-order chi connectivity index (χ0) is 22.7. The molecule has 9 nitrogen and oxygen atoms in total. The monoisotopic (exact) mass is 766 g/mol. The van der Waals surface area contributed by atoms with Crippen LogP contribution >= 0.6 is 79.4 Å². The Morgan fingerprint density at radius 3 is 2.31 bits per heavy atom. The van der Waals surface area contributed by atoms with Crippen LogP contribution in [-0.2, 0) is 23.9 Å². The SMILES string of the molecule is CC(=O)O[C@@H](C)C(=O)C1=C(I)C(CC(O)CO)=C(I)C(C(=O)Cl)(C(=O)NN)C1I. The topological polar surface area (TPSA) is 156 Å². The Bertz CT molecular complexity index is 801. The van der Waals surface area contributed by atoms with Gasteiger partial charge in [-0.15, -0.1) is 0 Å². The summed E-state index contributed by atoms with van der Waals surface area (Å²) >= 11 is 11.2. The third kappa shape index (κ3) is 5.31. The number of hydrazine groups is 1. The zero-order valence-electron chi connectivity index (χ0n) is 15.2. The molecule has 0 aromatic carbocycles. The smallest absolute Gasteiger partial charge is 0.303 e. The second kappa shape index (κ2) is 11.1. The molecule has 5 N–H and O–H groups in total. The first kappa shape index (κ1) is 27.2. The number of hydrogen-bond acceptors (Lipinski definition) is 8. The fourth-order valence-corrected chi connectivity index (χ4v) is 8.97. The first-order valence-corrected chi connectivity index (χ1v) is 11.8. The molecule has 29 heavy (non-hydrogen) atoms. The van der Waals surface area contributed by atoms with E-state index in [1.54, 1.807) is 45.2 Å². The fraction of sp³-hybridized carbons (Fsp3) is 0.500. The van der Waals surface area contributed by atoms with Crippen molar-refractivity contribution in [3.8, 4) is 0 Å². The number of esters is 1. The van der Waals surface area contributed by atoms with Crippen molar-refractivity contribution in [1.29, 1.82) is 0 Å². The van der Waals surface area contributed by atoms with Gasteiger partial charge in [-0.2, -0.15) is 0 Å². The molecule has 13 heteroatoms. The maximum absolute atomic E-state index is 13.1. The summed E-state index contributed by atoms with van der Waals surface area (Å²) < 4.78 is 4.42. The van der Waals surface area contributed by atoms with E-state index in [1.807, 2.05) is 28.0 Å². The van der Waals surface area contributed by atoms with Gasteiger partial charge in [0.05, 0.1) is 16.6 Å². The summed E-state index contributed by atoms with van der Waals surface area (Å²) in [6.07, 6.45) is -2.55. The normalized spacial score (nSPS) is 24.1. The third-order valence-electron chi connectivity index (χ3n) is 4.17. The number of ether oxygens (including phenoxy) is 1. The molecular formula is C16H18ClI3N2O7. The van der Waals surface area contributed by atoms with E-state index in [9.17, 15) is 29.4 Å². The average molecular weight is 766 g/mol. The number of hydrogen-bond donors (Lipinski definition) is 4. The number of allylic oxidation sites excluding steroid dienone is 1. The van der Waals surface area contributed by atoms with Gasteiger partial charge < -0.3 is 14.9 Å². The van der Waals surface area contributed by atoms with Gasteiger partial charge >= 0.3 is 5.97 Å². The van der Waals surface area contributed by atoms with Gasteiger partial charge in [-0.3, -0.25) is 24.6 Å². The number of Topliss-reactive ketones (excluding diaryl/α,β-unsaturated/α-hetero) is 1. The average Bonchev–Trinajstić information content (AvgIpc) is 2.63. The molecule has 0 bridgehead atoms.